The van der Waals surface area contributed by atoms with Gasteiger partial charge in [0.15, 0.2) is 11.5 Å². The fourth-order valence-corrected chi connectivity index (χ4v) is 1.38. The first-order chi connectivity index (χ1) is 7.08. The van der Waals surface area contributed by atoms with Gasteiger partial charge in [-0.2, -0.15) is 10.2 Å². The number of carboxylic acid groups (broad SMARTS) is 1. The highest BCUT2D eigenvalue weighted by atomic mass is 16.4. The standard InChI is InChI=1S/C9H10N4O2/c1-6-5-12(2)11-8(6)13-4-3-7(10-13)9(14)15/h3-5H,1-2H3,(H,14,15). The summed E-state index contributed by atoms with van der Waals surface area (Å²) in [5.74, 6) is -0.396. The maximum atomic E-state index is 10.6. The van der Waals surface area contributed by atoms with Crippen molar-refractivity contribution in [2.75, 3.05) is 0 Å². The second-order valence-electron chi connectivity index (χ2n) is 3.26. The molecule has 0 aromatic carbocycles. The number of aromatic carboxylic acids is 1. The number of carbonyl (C=O) groups is 1. The first-order valence-corrected chi connectivity index (χ1v) is 4.37. The Morgan fingerprint density at radius 2 is 2.20 bits per heavy atom. The lowest BCUT2D eigenvalue weighted by Gasteiger charge is -1.95. The SMILES string of the molecule is Cc1cn(C)nc1-n1ccc(C(=O)O)n1. The van der Waals surface area contributed by atoms with E-state index in [0.717, 1.165) is 5.56 Å². The summed E-state index contributed by atoms with van der Waals surface area (Å²) >= 11 is 0. The normalized spacial score (nSPS) is 10.5. The van der Waals surface area contributed by atoms with Gasteiger partial charge in [0.25, 0.3) is 0 Å². The molecule has 2 heterocycles. The summed E-state index contributed by atoms with van der Waals surface area (Å²) in [6, 6.07) is 1.44. The summed E-state index contributed by atoms with van der Waals surface area (Å²) in [6.07, 6.45) is 3.43. The van der Waals surface area contributed by atoms with E-state index in [1.165, 1.54) is 10.7 Å². The Hall–Kier alpha value is -2.11. The number of carboxylic acids is 1. The largest absolute Gasteiger partial charge is 0.476 e. The highest BCUT2D eigenvalue weighted by Crippen LogP contribution is 2.10. The third-order valence-electron chi connectivity index (χ3n) is 2.01. The lowest BCUT2D eigenvalue weighted by atomic mass is 10.4. The van der Waals surface area contributed by atoms with Crippen molar-refractivity contribution in [1.29, 1.82) is 0 Å². The minimum Gasteiger partial charge on any atom is -0.476 e. The summed E-state index contributed by atoms with van der Waals surface area (Å²) < 4.78 is 3.12. The van der Waals surface area contributed by atoms with Crippen LogP contribution in [0.1, 0.15) is 16.1 Å². The van der Waals surface area contributed by atoms with E-state index in [1.54, 1.807) is 17.9 Å². The minimum absolute atomic E-state index is 0.0139. The van der Waals surface area contributed by atoms with Crippen LogP contribution in [-0.4, -0.2) is 30.6 Å². The third kappa shape index (κ3) is 1.61. The van der Waals surface area contributed by atoms with Crippen molar-refractivity contribution in [1.82, 2.24) is 19.6 Å². The number of nitrogens with zero attached hydrogens (tertiary/aromatic N) is 4. The Morgan fingerprint density at radius 1 is 1.47 bits per heavy atom. The average Bonchev–Trinajstić information content (AvgIpc) is 2.71. The Bertz CT molecular complexity index is 512. The molecule has 6 heteroatoms. The van der Waals surface area contributed by atoms with Gasteiger partial charge in [0.05, 0.1) is 0 Å². The summed E-state index contributed by atoms with van der Waals surface area (Å²) in [7, 11) is 1.80. The van der Waals surface area contributed by atoms with Crippen molar-refractivity contribution >= 4 is 5.97 Å². The zero-order valence-corrected chi connectivity index (χ0v) is 8.38. The van der Waals surface area contributed by atoms with E-state index in [9.17, 15) is 4.79 Å². The van der Waals surface area contributed by atoms with E-state index in [1.807, 2.05) is 13.1 Å². The van der Waals surface area contributed by atoms with E-state index in [0.29, 0.717) is 5.82 Å². The molecular weight excluding hydrogens is 196 g/mol. The van der Waals surface area contributed by atoms with Gasteiger partial charge in [-0.25, -0.2) is 9.48 Å². The quantitative estimate of drug-likeness (QED) is 0.781. The molecule has 0 aliphatic heterocycles. The number of aromatic nitrogens is 4. The maximum Gasteiger partial charge on any atom is 0.356 e. The summed E-state index contributed by atoms with van der Waals surface area (Å²) in [6.45, 7) is 1.89. The number of rotatable bonds is 2. The van der Waals surface area contributed by atoms with Gasteiger partial charge in [-0.05, 0) is 13.0 Å². The van der Waals surface area contributed by atoms with Crippen LogP contribution in [0.2, 0.25) is 0 Å². The summed E-state index contributed by atoms with van der Waals surface area (Å²) in [5.41, 5.74) is 0.956. The first kappa shape index (κ1) is 9.45. The molecule has 6 nitrogen and oxygen atoms in total. The van der Waals surface area contributed by atoms with Gasteiger partial charge in [0.1, 0.15) is 0 Å². The molecule has 0 aliphatic carbocycles. The molecule has 15 heavy (non-hydrogen) atoms. The van der Waals surface area contributed by atoms with Crippen LogP contribution in [0.3, 0.4) is 0 Å². The fourth-order valence-electron chi connectivity index (χ4n) is 1.38. The van der Waals surface area contributed by atoms with Crippen molar-refractivity contribution in [3.05, 3.63) is 29.7 Å². The average molecular weight is 206 g/mol. The molecule has 1 N–H and O–H groups in total. The van der Waals surface area contributed by atoms with E-state index >= 15 is 0 Å². The van der Waals surface area contributed by atoms with Crippen molar-refractivity contribution < 1.29 is 9.90 Å². The van der Waals surface area contributed by atoms with Gasteiger partial charge in [-0.3, -0.25) is 4.68 Å². The Labute approximate surface area is 85.8 Å². The second kappa shape index (κ2) is 3.23. The molecule has 0 atom stereocenters. The van der Waals surface area contributed by atoms with Gasteiger partial charge in [0.2, 0.25) is 0 Å². The molecule has 2 aromatic heterocycles. The van der Waals surface area contributed by atoms with Crippen LogP contribution < -0.4 is 0 Å². The van der Waals surface area contributed by atoms with E-state index in [2.05, 4.69) is 10.2 Å². The van der Waals surface area contributed by atoms with Gasteiger partial charge in [-0.15, -0.1) is 0 Å². The molecule has 0 bridgehead atoms. The molecule has 2 aromatic rings. The van der Waals surface area contributed by atoms with Crippen LogP contribution in [0.5, 0.6) is 0 Å². The highest BCUT2D eigenvalue weighted by molar-refractivity contribution is 5.85. The van der Waals surface area contributed by atoms with Crippen molar-refractivity contribution in [2.45, 2.75) is 6.92 Å². The van der Waals surface area contributed by atoms with Crippen molar-refractivity contribution in [3.63, 3.8) is 0 Å². The lowest BCUT2D eigenvalue weighted by Crippen LogP contribution is -2.02. The summed E-state index contributed by atoms with van der Waals surface area (Å²) in [4.78, 5) is 10.6. The Kier molecular flexibility index (Phi) is 2.03. The molecular formula is C9H10N4O2. The van der Waals surface area contributed by atoms with Gasteiger partial charge >= 0.3 is 5.97 Å². The molecule has 0 saturated carbocycles. The van der Waals surface area contributed by atoms with Gasteiger partial charge in [-0.1, -0.05) is 0 Å². The zero-order chi connectivity index (χ0) is 11.0. The highest BCUT2D eigenvalue weighted by Gasteiger charge is 2.11. The summed E-state index contributed by atoms with van der Waals surface area (Å²) in [5, 5.41) is 16.8. The zero-order valence-electron chi connectivity index (χ0n) is 8.38. The van der Waals surface area contributed by atoms with Gasteiger partial charge < -0.3 is 5.11 Å². The molecule has 78 valence electrons. The van der Waals surface area contributed by atoms with E-state index < -0.39 is 5.97 Å². The van der Waals surface area contributed by atoms with Crippen LogP contribution in [0.15, 0.2) is 18.5 Å². The van der Waals surface area contributed by atoms with Crippen molar-refractivity contribution in [2.24, 2.45) is 7.05 Å². The van der Waals surface area contributed by atoms with Gasteiger partial charge in [0, 0.05) is 25.0 Å². The van der Waals surface area contributed by atoms with Crippen LogP contribution in [-0.2, 0) is 7.05 Å². The molecule has 0 aliphatic rings. The maximum absolute atomic E-state index is 10.6. The van der Waals surface area contributed by atoms with Crippen molar-refractivity contribution in [3.8, 4) is 5.82 Å². The van der Waals surface area contributed by atoms with E-state index in [-0.39, 0.29) is 5.69 Å². The molecule has 0 unspecified atom stereocenters. The van der Waals surface area contributed by atoms with Crippen LogP contribution >= 0.6 is 0 Å². The number of hydrogen-bond acceptors (Lipinski definition) is 3. The molecule has 0 saturated heterocycles. The van der Waals surface area contributed by atoms with E-state index in [4.69, 9.17) is 5.11 Å². The fraction of sp³-hybridized carbons (Fsp3) is 0.222. The Morgan fingerprint density at radius 3 is 2.67 bits per heavy atom. The second-order valence-corrected chi connectivity index (χ2v) is 3.26. The molecule has 0 fully saturated rings. The predicted octanol–water partition coefficient (Wildman–Crippen LogP) is 0.612. The van der Waals surface area contributed by atoms with Crippen LogP contribution in [0, 0.1) is 6.92 Å². The molecule has 0 amide bonds. The topological polar surface area (TPSA) is 72.9 Å². The first-order valence-electron chi connectivity index (χ1n) is 4.37. The smallest absolute Gasteiger partial charge is 0.356 e. The minimum atomic E-state index is -1.04. The molecule has 0 radical (unpaired) electrons. The predicted molar refractivity (Wildman–Crippen MR) is 52.0 cm³/mol. The Balaban J connectivity index is 2.45. The number of aryl methyl sites for hydroxylation is 2. The van der Waals surface area contributed by atoms with Crippen LogP contribution in [0.25, 0.3) is 5.82 Å². The molecule has 2 rings (SSSR count). The third-order valence-corrected chi connectivity index (χ3v) is 2.01. The van der Waals surface area contributed by atoms with Crippen LogP contribution in [0.4, 0.5) is 0 Å². The lowest BCUT2D eigenvalue weighted by molar-refractivity contribution is 0.0690. The molecule has 0 spiro atoms. The monoisotopic (exact) mass is 206 g/mol. The number of hydrogen-bond donors (Lipinski definition) is 1.